The molecule has 0 amide bonds. The summed E-state index contributed by atoms with van der Waals surface area (Å²) in [6.07, 6.45) is 4.35. The zero-order valence-electron chi connectivity index (χ0n) is 13.6. The molecule has 6 heteroatoms. The highest BCUT2D eigenvalue weighted by Crippen LogP contribution is 2.22. The smallest absolute Gasteiger partial charge is 0.158 e. The number of unbranched alkanes of at least 4 members (excludes halogenated alkanes) is 1. The molecule has 2 rings (SSSR count). The molecule has 0 bridgehead atoms. The maximum Gasteiger partial charge on any atom is 0.158 e. The van der Waals surface area contributed by atoms with Crippen molar-refractivity contribution in [1.82, 2.24) is 24.2 Å². The molecule has 0 saturated carbocycles. The summed E-state index contributed by atoms with van der Waals surface area (Å²) >= 11 is 6.08. The number of nitrogens with zero attached hydrogens (tertiary/aromatic N) is 5. The van der Waals surface area contributed by atoms with Gasteiger partial charge >= 0.3 is 0 Å². The van der Waals surface area contributed by atoms with Gasteiger partial charge in [0.25, 0.3) is 0 Å². The monoisotopic (exact) mass is 311 g/mol. The van der Waals surface area contributed by atoms with E-state index in [1.54, 1.807) is 0 Å². The third-order valence-electron chi connectivity index (χ3n) is 3.71. The van der Waals surface area contributed by atoms with Crippen LogP contribution >= 0.6 is 11.6 Å². The lowest BCUT2D eigenvalue weighted by Gasteiger charge is -2.11. The first kappa shape index (κ1) is 16.3. The van der Waals surface area contributed by atoms with Gasteiger partial charge in [0, 0.05) is 13.6 Å². The minimum atomic E-state index is 0.452. The molecule has 0 radical (unpaired) electrons. The van der Waals surface area contributed by atoms with Gasteiger partial charge in [-0.3, -0.25) is 4.68 Å². The van der Waals surface area contributed by atoms with E-state index in [2.05, 4.69) is 35.6 Å². The van der Waals surface area contributed by atoms with Crippen molar-refractivity contribution in [1.29, 1.82) is 0 Å². The van der Waals surface area contributed by atoms with Crippen LogP contribution in [0.15, 0.2) is 0 Å². The van der Waals surface area contributed by atoms with E-state index in [9.17, 15) is 0 Å². The minimum Gasteiger partial charge on any atom is -0.312 e. The second-order valence-electron chi connectivity index (χ2n) is 5.82. The van der Waals surface area contributed by atoms with Crippen LogP contribution in [0.1, 0.15) is 37.7 Å². The summed E-state index contributed by atoms with van der Waals surface area (Å²) in [7, 11) is 6.22. The van der Waals surface area contributed by atoms with E-state index in [-0.39, 0.29) is 0 Å². The molecule has 0 aliphatic rings. The maximum atomic E-state index is 6.08. The Bertz CT molecular complexity index is 584. The summed E-state index contributed by atoms with van der Waals surface area (Å²) in [5.74, 6) is 1.41. The summed E-state index contributed by atoms with van der Waals surface area (Å²) in [4.78, 5) is 6.94. The van der Waals surface area contributed by atoms with Crippen LogP contribution in [0.4, 0.5) is 0 Å². The predicted octanol–water partition coefficient (Wildman–Crippen LogP) is 2.80. The van der Waals surface area contributed by atoms with Gasteiger partial charge in [-0.2, -0.15) is 5.10 Å². The number of imidazole rings is 1. The molecule has 0 saturated heterocycles. The number of aromatic nitrogens is 4. The number of aryl methyl sites for hydroxylation is 3. The highest BCUT2D eigenvalue weighted by molar-refractivity contribution is 6.16. The summed E-state index contributed by atoms with van der Waals surface area (Å²) in [5.41, 5.74) is 3.23. The third-order valence-corrected chi connectivity index (χ3v) is 3.95. The Morgan fingerprint density at radius 3 is 2.62 bits per heavy atom. The zero-order valence-corrected chi connectivity index (χ0v) is 14.3. The summed E-state index contributed by atoms with van der Waals surface area (Å²) in [5, 5.41) is 4.61. The molecule has 5 nitrogen and oxygen atoms in total. The van der Waals surface area contributed by atoms with Gasteiger partial charge in [-0.15, -0.1) is 11.6 Å². The Morgan fingerprint density at radius 1 is 1.24 bits per heavy atom. The van der Waals surface area contributed by atoms with Crippen LogP contribution in [0.3, 0.4) is 0 Å². The lowest BCUT2D eigenvalue weighted by atomic mass is 10.2. The largest absolute Gasteiger partial charge is 0.312 e. The first-order chi connectivity index (χ1) is 10.1. The molecule has 2 heterocycles. The molecule has 0 spiro atoms. The van der Waals surface area contributed by atoms with Crippen molar-refractivity contribution in [3.63, 3.8) is 0 Å². The van der Waals surface area contributed by atoms with Crippen LogP contribution in [0.5, 0.6) is 0 Å². The molecule has 0 N–H and O–H groups in total. The molecule has 0 unspecified atom stereocenters. The Morgan fingerprint density at radius 2 is 2.00 bits per heavy atom. The van der Waals surface area contributed by atoms with Crippen molar-refractivity contribution in [3.05, 3.63) is 11.5 Å². The average molecular weight is 312 g/mol. The van der Waals surface area contributed by atoms with Crippen LogP contribution in [-0.4, -0.2) is 44.9 Å². The third kappa shape index (κ3) is 3.58. The van der Waals surface area contributed by atoms with Gasteiger partial charge in [-0.25, -0.2) is 4.98 Å². The van der Waals surface area contributed by atoms with Crippen molar-refractivity contribution < 1.29 is 0 Å². The van der Waals surface area contributed by atoms with Gasteiger partial charge in [-0.1, -0.05) is 13.3 Å². The van der Waals surface area contributed by atoms with E-state index in [0.717, 1.165) is 55.0 Å². The van der Waals surface area contributed by atoms with Gasteiger partial charge in [0.1, 0.15) is 11.3 Å². The molecule has 118 valence electrons. The van der Waals surface area contributed by atoms with E-state index in [0.29, 0.717) is 5.88 Å². The molecule has 2 aromatic rings. The minimum absolute atomic E-state index is 0.452. The molecule has 0 aromatic carbocycles. The number of hydrogen-bond donors (Lipinski definition) is 0. The molecular weight excluding hydrogens is 286 g/mol. The van der Waals surface area contributed by atoms with Crippen molar-refractivity contribution in [3.8, 4) is 0 Å². The number of fused-ring (bicyclic) bond motifs is 1. The maximum absolute atomic E-state index is 6.08. The number of hydrogen-bond acceptors (Lipinski definition) is 3. The van der Waals surface area contributed by atoms with Crippen LogP contribution in [0.25, 0.3) is 11.2 Å². The highest BCUT2D eigenvalue weighted by atomic mass is 35.5. The Labute approximate surface area is 131 Å². The van der Waals surface area contributed by atoms with Crippen LogP contribution in [0, 0.1) is 0 Å². The van der Waals surface area contributed by atoms with E-state index in [4.69, 9.17) is 16.6 Å². The van der Waals surface area contributed by atoms with Gasteiger partial charge < -0.3 is 9.47 Å². The van der Waals surface area contributed by atoms with E-state index >= 15 is 0 Å². The van der Waals surface area contributed by atoms with Gasteiger partial charge in [0.2, 0.25) is 0 Å². The number of alkyl halides is 1. The predicted molar refractivity (Wildman–Crippen MR) is 87.8 cm³/mol. The van der Waals surface area contributed by atoms with Crippen molar-refractivity contribution in [2.75, 3.05) is 20.6 Å². The van der Waals surface area contributed by atoms with Gasteiger partial charge in [0.05, 0.1) is 11.6 Å². The quantitative estimate of drug-likeness (QED) is 0.556. The molecule has 21 heavy (non-hydrogen) atoms. The zero-order chi connectivity index (χ0) is 15.4. The van der Waals surface area contributed by atoms with Crippen molar-refractivity contribution in [2.45, 2.75) is 45.0 Å². The standard InChI is InChI=1S/C15H26ClN5/c1-5-8-12-14-15(20(4)18-12)21(13(11-16)17-14)10-7-6-9-19(2)3/h5-11H2,1-4H3. The molecule has 0 aliphatic heterocycles. The lowest BCUT2D eigenvalue weighted by molar-refractivity contribution is 0.387. The summed E-state index contributed by atoms with van der Waals surface area (Å²) in [6.45, 7) is 4.24. The van der Waals surface area contributed by atoms with Gasteiger partial charge in [-0.05, 0) is 39.9 Å². The fraction of sp³-hybridized carbons (Fsp3) is 0.733. The van der Waals surface area contributed by atoms with Crippen LogP contribution in [-0.2, 0) is 25.9 Å². The van der Waals surface area contributed by atoms with E-state index < -0.39 is 0 Å². The normalized spacial score (nSPS) is 11.9. The van der Waals surface area contributed by atoms with E-state index in [1.807, 2.05) is 11.7 Å². The van der Waals surface area contributed by atoms with Crippen LogP contribution < -0.4 is 0 Å². The summed E-state index contributed by atoms with van der Waals surface area (Å²) in [6, 6.07) is 0. The molecule has 0 atom stereocenters. The fourth-order valence-electron chi connectivity index (χ4n) is 2.73. The Hall–Kier alpha value is -1.07. The second-order valence-corrected chi connectivity index (χ2v) is 6.08. The first-order valence-corrected chi connectivity index (χ1v) is 8.23. The van der Waals surface area contributed by atoms with E-state index in [1.165, 1.54) is 6.42 Å². The SMILES string of the molecule is CCCc1nn(C)c2c1nc(CCl)n2CCCCN(C)C. The van der Waals surface area contributed by atoms with Gasteiger partial charge in [0.15, 0.2) is 5.65 Å². The number of rotatable bonds is 8. The Balaban J connectivity index is 2.24. The topological polar surface area (TPSA) is 38.9 Å². The highest BCUT2D eigenvalue weighted by Gasteiger charge is 2.18. The van der Waals surface area contributed by atoms with Crippen molar-refractivity contribution in [2.24, 2.45) is 7.05 Å². The van der Waals surface area contributed by atoms with Crippen LogP contribution in [0.2, 0.25) is 0 Å². The number of halogens is 1. The first-order valence-electron chi connectivity index (χ1n) is 7.70. The summed E-state index contributed by atoms with van der Waals surface area (Å²) < 4.78 is 4.19. The van der Waals surface area contributed by atoms with Crippen molar-refractivity contribution >= 4 is 22.8 Å². The molecule has 0 aliphatic carbocycles. The molecular formula is C15H26ClN5. The average Bonchev–Trinajstić information content (AvgIpc) is 2.94. The molecule has 0 fully saturated rings. The Kier molecular flexibility index (Phi) is 5.65. The fourth-order valence-corrected chi connectivity index (χ4v) is 2.93. The molecule has 2 aromatic heterocycles. The second kappa shape index (κ2) is 7.27. The lowest BCUT2D eigenvalue weighted by Crippen LogP contribution is -2.14.